The zero-order valence-electron chi connectivity index (χ0n) is 12.7. The molecule has 0 amide bonds. The van der Waals surface area contributed by atoms with Crippen LogP contribution in [0, 0.1) is 0 Å². The average molecular weight is 260 g/mol. The van der Waals surface area contributed by atoms with Gasteiger partial charge in [0.1, 0.15) is 0 Å². The minimum absolute atomic E-state index is 0.109. The summed E-state index contributed by atoms with van der Waals surface area (Å²) >= 11 is 0. The van der Waals surface area contributed by atoms with Gasteiger partial charge in [-0.25, -0.2) is 0 Å². The predicted octanol–water partition coefficient (Wildman–Crippen LogP) is 4.15. The van der Waals surface area contributed by atoms with Crippen molar-refractivity contribution < 1.29 is 14.2 Å². The first-order valence-corrected chi connectivity index (χ1v) is 7.63. The van der Waals surface area contributed by atoms with Crippen LogP contribution in [0.1, 0.15) is 66.2 Å². The van der Waals surface area contributed by atoms with Crippen molar-refractivity contribution in [1.29, 1.82) is 0 Å². The monoisotopic (exact) mass is 260 g/mol. The fourth-order valence-electron chi connectivity index (χ4n) is 2.07. The molecule has 0 aliphatic carbocycles. The molecule has 18 heavy (non-hydrogen) atoms. The van der Waals surface area contributed by atoms with Crippen LogP contribution < -0.4 is 0 Å². The van der Waals surface area contributed by atoms with E-state index in [2.05, 4.69) is 13.8 Å². The minimum atomic E-state index is -0.109. The molecule has 3 heteroatoms. The van der Waals surface area contributed by atoms with Crippen LogP contribution >= 0.6 is 0 Å². The summed E-state index contributed by atoms with van der Waals surface area (Å²) in [7, 11) is 0. The molecule has 0 unspecified atom stereocenters. The summed E-state index contributed by atoms with van der Waals surface area (Å²) in [4.78, 5) is 0. The Morgan fingerprint density at radius 3 is 1.83 bits per heavy atom. The van der Waals surface area contributed by atoms with Crippen molar-refractivity contribution in [3.05, 3.63) is 0 Å². The van der Waals surface area contributed by atoms with E-state index in [9.17, 15) is 0 Å². The Labute approximate surface area is 113 Å². The summed E-state index contributed by atoms with van der Waals surface area (Å²) in [5.41, 5.74) is 0. The van der Waals surface area contributed by atoms with Crippen molar-refractivity contribution in [2.24, 2.45) is 0 Å². The Balaban J connectivity index is 3.96. The molecule has 0 aliphatic rings. The van der Waals surface area contributed by atoms with Crippen LogP contribution in [-0.4, -0.2) is 32.2 Å². The second-order valence-electron chi connectivity index (χ2n) is 4.50. The number of ether oxygens (including phenoxy) is 3. The van der Waals surface area contributed by atoms with E-state index in [-0.39, 0.29) is 12.4 Å². The van der Waals surface area contributed by atoms with Crippen LogP contribution in [0.2, 0.25) is 0 Å². The molecule has 0 saturated carbocycles. The lowest BCUT2D eigenvalue weighted by molar-refractivity contribution is -0.157. The summed E-state index contributed by atoms with van der Waals surface area (Å²) in [6.45, 7) is 10.4. The number of unbranched alkanes of at least 4 members (excludes halogenated alkanes) is 3. The molecular formula is C15H32O3. The topological polar surface area (TPSA) is 27.7 Å². The summed E-state index contributed by atoms with van der Waals surface area (Å²) in [5.74, 6) is 0. The maximum absolute atomic E-state index is 5.79. The van der Waals surface area contributed by atoms with Gasteiger partial charge in [0.2, 0.25) is 0 Å². The van der Waals surface area contributed by atoms with Crippen molar-refractivity contribution in [2.45, 2.75) is 78.6 Å². The molecule has 0 aromatic rings. The third-order valence-corrected chi connectivity index (χ3v) is 2.94. The number of rotatable bonds is 13. The first-order valence-electron chi connectivity index (χ1n) is 7.63. The van der Waals surface area contributed by atoms with Gasteiger partial charge in [-0.3, -0.25) is 0 Å². The maximum atomic E-state index is 5.79. The van der Waals surface area contributed by atoms with E-state index in [4.69, 9.17) is 14.2 Å². The van der Waals surface area contributed by atoms with Gasteiger partial charge in [-0.05, 0) is 27.2 Å². The first-order chi connectivity index (χ1) is 8.78. The van der Waals surface area contributed by atoms with E-state index >= 15 is 0 Å². The molecule has 1 atom stereocenters. The lowest BCUT2D eigenvalue weighted by Crippen LogP contribution is -2.26. The van der Waals surface area contributed by atoms with Gasteiger partial charge in [0.15, 0.2) is 6.29 Å². The Morgan fingerprint density at radius 1 is 0.722 bits per heavy atom. The highest BCUT2D eigenvalue weighted by Gasteiger charge is 2.16. The average Bonchev–Trinajstić information content (AvgIpc) is 2.35. The van der Waals surface area contributed by atoms with E-state index in [0.717, 1.165) is 19.4 Å². The van der Waals surface area contributed by atoms with Crippen LogP contribution in [0.5, 0.6) is 0 Å². The lowest BCUT2D eigenvalue weighted by atomic mass is 10.1. The standard InChI is InChI=1S/C15H32O3/c1-5-9-10-11-12-14(16-6-2)13-15(17-7-3)18-8-4/h14-15H,5-13H2,1-4H3/t14-/m0/s1. The molecule has 0 radical (unpaired) electrons. The molecule has 0 N–H and O–H groups in total. The van der Waals surface area contributed by atoms with Gasteiger partial charge in [0, 0.05) is 26.2 Å². The molecule has 0 saturated heterocycles. The Hall–Kier alpha value is -0.120. The first kappa shape index (κ1) is 17.9. The van der Waals surface area contributed by atoms with Gasteiger partial charge >= 0.3 is 0 Å². The fourth-order valence-corrected chi connectivity index (χ4v) is 2.07. The van der Waals surface area contributed by atoms with E-state index < -0.39 is 0 Å². The van der Waals surface area contributed by atoms with Crippen LogP contribution in [0.15, 0.2) is 0 Å². The fraction of sp³-hybridized carbons (Fsp3) is 1.00. The van der Waals surface area contributed by atoms with E-state index in [1.807, 2.05) is 13.8 Å². The SMILES string of the molecule is CCCCCC[C@@H](CC(OCC)OCC)OCC. The largest absolute Gasteiger partial charge is 0.378 e. The van der Waals surface area contributed by atoms with Crippen LogP contribution in [0.25, 0.3) is 0 Å². The molecule has 0 heterocycles. The van der Waals surface area contributed by atoms with Crippen molar-refractivity contribution in [1.82, 2.24) is 0 Å². The van der Waals surface area contributed by atoms with Gasteiger partial charge in [-0.2, -0.15) is 0 Å². The van der Waals surface area contributed by atoms with Crippen LogP contribution in [-0.2, 0) is 14.2 Å². The molecule has 3 nitrogen and oxygen atoms in total. The molecule has 0 rings (SSSR count). The second kappa shape index (κ2) is 13.3. The van der Waals surface area contributed by atoms with Crippen molar-refractivity contribution >= 4 is 0 Å². The molecule has 0 bridgehead atoms. The normalized spacial score (nSPS) is 13.2. The van der Waals surface area contributed by atoms with Gasteiger partial charge in [-0.1, -0.05) is 32.6 Å². The molecule has 0 aromatic carbocycles. The highest BCUT2D eigenvalue weighted by molar-refractivity contribution is 4.62. The van der Waals surface area contributed by atoms with Crippen molar-refractivity contribution in [3.8, 4) is 0 Å². The third kappa shape index (κ3) is 9.86. The van der Waals surface area contributed by atoms with Gasteiger partial charge in [0.05, 0.1) is 6.10 Å². The Morgan fingerprint density at radius 2 is 1.33 bits per heavy atom. The zero-order chi connectivity index (χ0) is 13.6. The predicted molar refractivity (Wildman–Crippen MR) is 75.8 cm³/mol. The summed E-state index contributed by atoms with van der Waals surface area (Å²) < 4.78 is 17.0. The van der Waals surface area contributed by atoms with Gasteiger partial charge in [0.25, 0.3) is 0 Å². The van der Waals surface area contributed by atoms with Gasteiger partial charge in [-0.15, -0.1) is 0 Å². The molecule has 0 fully saturated rings. The quantitative estimate of drug-likeness (QED) is 0.368. The lowest BCUT2D eigenvalue weighted by Gasteiger charge is -2.23. The highest BCUT2D eigenvalue weighted by atomic mass is 16.7. The number of hydrogen-bond donors (Lipinski definition) is 0. The second-order valence-corrected chi connectivity index (χ2v) is 4.50. The Bertz CT molecular complexity index is 156. The third-order valence-electron chi connectivity index (χ3n) is 2.94. The minimum Gasteiger partial charge on any atom is -0.378 e. The molecular weight excluding hydrogens is 228 g/mol. The van der Waals surface area contributed by atoms with E-state index in [1.54, 1.807) is 0 Å². The smallest absolute Gasteiger partial charge is 0.160 e. The Kier molecular flexibility index (Phi) is 13.2. The van der Waals surface area contributed by atoms with E-state index in [1.165, 1.54) is 25.7 Å². The molecule has 0 aliphatic heterocycles. The summed E-state index contributed by atoms with van der Waals surface area (Å²) in [6.07, 6.45) is 7.26. The maximum Gasteiger partial charge on any atom is 0.160 e. The van der Waals surface area contributed by atoms with Crippen LogP contribution in [0.3, 0.4) is 0 Å². The van der Waals surface area contributed by atoms with E-state index in [0.29, 0.717) is 13.2 Å². The molecule has 110 valence electrons. The highest BCUT2D eigenvalue weighted by Crippen LogP contribution is 2.15. The van der Waals surface area contributed by atoms with Crippen molar-refractivity contribution in [2.75, 3.05) is 19.8 Å². The molecule has 0 spiro atoms. The number of hydrogen-bond acceptors (Lipinski definition) is 3. The zero-order valence-corrected chi connectivity index (χ0v) is 12.7. The van der Waals surface area contributed by atoms with Crippen LogP contribution in [0.4, 0.5) is 0 Å². The van der Waals surface area contributed by atoms with Crippen molar-refractivity contribution in [3.63, 3.8) is 0 Å². The molecule has 0 aromatic heterocycles. The summed E-state index contributed by atoms with van der Waals surface area (Å²) in [6, 6.07) is 0. The summed E-state index contributed by atoms with van der Waals surface area (Å²) in [5, 5.41) is 0. The van der Waals surface area contributed by atoms with Gasteiger partial charge < -0.3 is 14.2 Å².